The maximum absolute atomic E-state index is 14.3. The first-order chi connectivity index (χ1) is 15.0. The smallest absolute Gasteiger partial charge is 0.226 e. The lowest BCUT2D eigenvalue weighted by Gasteiger charge is -2.26. The van der Waals surface area contributed by atoms with Crippen LogP contribution in [0.25, 0.3) is 11.5 Å². The van der Waals surface area contributed by atoms with Gasteiger partial charge in [-0.15, -0.1) is 24.0 Å². The van der Waals surface area contributed by atoms with Crippen molar-refractivity contribution < 1.29 is 13.2 Å². The molecule has 0 bridgehead atoms. The Morgan fingerprint density at radius 1 is 1.06 bits per heavy atom. The summed E-state index contributed by atoms with van der Waals surface area (Å²) in [6.45, 7) is 3.15. The van der Waals surface area contributed by atoms with Crippen molar-refractivity contribution in [3.8, 4) is 11.5 Å². The zero-order chi connectivity index (χ0) is 22.2. The number of aromatic nitrogens is 1. The average molecular weight is 555 g/mol. The Balaban J connectivity index is 0.00000363. The molecule has 3 aromatic rings. The molecule has 1 atom stereocenters. The lowest BCUT2D eigenvalue weighted by Crippen LogP contribution is -2.42. The number of aliphatic imine (C=N–C) groups is 1. The first kappa shape index (κ1) is 25.7. The fourth-order valence-corrected chi connectivity index (χ4v) is 3.16. The van der Waals surface area contributed by atoms with Crippen molar-refractivity contribution in [1.29, 1.82) is 0 Å². The molecule has 1 unspecified atom stereocenters. The van der Waals surface area contributed by atoms with Crippen LogP contribution in [0.4, 0.5) is 8.78 Å². The van der Waals surface area contributed by atoms with Gasteiger partial charge in [0.25, 0.3) is 0 Å². The van der Waals surface area contributed by atoms with Crippen molar-refractivity contribution in [2.45, 2.75) is 19.5 Å². The van der Waals surface area contributed by atoms with E-state index in [2.05, 4.69) is 20.6 Å². The molecule has 0 fully saturated rings. The van der Waals surface area contributed by atoms with E-state index in [0.717, 1.165) is 5.56 Å². The van der Waals surface area contributed by atoms with Crippen LogP contribution < -0.4 is 10.6 Å². The highest BCUT2D eigenvalue weighted by Crippen LogP contribution is 2.24. The fraction of sp³-hybridized carbons (Fsp3) is 0.304. The molecule has 0 saturated heterocycles. The maximum Gasteiger partial charge on any atom is 0.226 e. The predicted molar refractivity (Wildman–Crippen MR) is 133 cm³/mol. The molecular weight excluding hydrogens is 527 g/mol. The SMILES string of the molecule is CCNC(=NCc1coc(-c2ccccc2)n1)NCC(c1c(F)cccc1F)N(C)C.I. The Hall–Kier alpha value is -2.53. The molecule has 1 heterocycles. The first-order valence-electron chi connectivity index (χ1n) is 10.1. The van der Waals surface area contributed by atoms with Crippen molar-refractivity contribution in [2.75, 3.05) is 27.2 Å². The highest BCUT2D eigenvalue weighted by molar-refractivity contribution is 14.0. The molecule has 6 nitrogen and oxygen atoms in total. The molecule has 0 aliphatic heterocycles. The molecule has 3 rings (SSSR count). The molecule has 172 valence electrons. The highest BCUT2D eigenvalue weighted by atomic mass is 127. The van der Waals surface area contributed by atoms with Gasteiger partial charge in [-0.05, 0) is 45.3 Å². The van der Waals surface area contributed by atoms with Crippen molar-refractivity contribution >= 4 is 29.9 Å². The minimum absolute atomic E-state index is 0. The zero-order valence-corrected chi connectivity index (χ0v) is 20.6. The van der Waals surface area contributed by atoms with Gasteiger partial charge >= 0.3 is 0 Å². The number of nitrogens with one attached hydrogen (secondary N) is 2. The van der Waals surface area contributed by atoms with Gasteiger partial charge in [-0.25, -0.2) is 18.8 Å². The summed E-state index contributed by atoms with van der Waals surface area (Å²) in [5.74, 6) is -0.0845. The Bertz CT molecular complexity index is 990. The van der Waals surface area contributed by atoms with Gasteiger partial charge in [-0.3, -0.25) is 0 Å². The molecular formula is C23H28F2IN5O. The Labute approximate surface area is 204 Å². The van der Waals surface area contributed by atoms with Gasteiger partial charge in [-0.1, -0.05) is 24.3 Å². The van der Waals surface area contributed by atoms with Crippen molar-refractivity contribution in [1.82, 2.24) is 20.5 Å². The number of rotatable bonds is 8. The second-order valence-corrected chi connectivity index (χ2v) is 7.20. The monoisotopic (exact) mass is 555 g/mol. The first-order valence-corrected chi connectivity index (χ1v) is 10.1. The lowest BCUT2D eigenvalue weighted by molar-refractivity contribution is 0.282. The van der Waals surface area contributed by atoms with Gasteiger partial charge in [0.05, 0.1) is 12.6 Å². The van der Waals surface area contributed by atoms with Gasteiger partial charge in [-0.2, -0.15) is 0 Å². The summed E-state index contributed by atoms with van der Waals surface area (Å²) in [5, 5.41) is 6.31. The molecule has 2 aromatic carbocycles. The van der Waals surface area contributed by atoms with E-state index in [0.29, 0.717) is 30.6 Å². The number of hydrogen-bond donors (Lipinski definition) is 2. The van der Waals surface area contributed by atoms with E-state index in [1.807, 2.05) is 37.3 Å². The number of hydrogen-bond acceptors (Lipinski definition) is 4. The van der Waals surface area contributed by atoms with Crippen molar-refractivity contribution in [3.63, 3.8) is 0 Å². The van der Waals surface area contributed by atoms with E-state index in [9.17, 15) is 8.78 Å². The van der Waals surface area contributed by atoms with Gasteiger partial charge in [0, 0.05) is 24.2 Å². The number of benzene rings is 2. The quantitative estimate of drug-likeness (QED) is 0.242. The van der Waals surface area contributed by atoms with E-state index >= 15 is 0 Å². The largest absolute Gasteiger partial charge is 0.444 e. The van der Waals surface area contributed by atoms with Crippen LogP contribution >= 0.6 is 24.0 Å². The summed E-state index contributed by atoms with van der Waals surface area (Å²) >= 11 is 0. The highest BCUT2D eigenvalue weighted by Gasteiger charge is 2.22. The molecule has 2 N–H and O–H groups in total. The minimum Gasteiger partial charge on any atom is -0.444 e. The van der Waals surface area contributed by atoms with Gasteiger partial charge in [0.1, 0.15) is 23.6 Å². The van der Waals surface area contributed by atoms with E-state index < -0.39 is 17.7 Å². The number of nitrogens with zero attached hydrogens (tertiary/aromatic N) is 3. The van der Waals surface area contributed by atoms with Gasteiger partial charge in [0.2, 0.25) is 5.89 Å². The topological polar surface area (TPSA) is 65.7 Å². The number of oxazole rings is 1. The van der Waals surface area contributed by atoms with Crippen LogP contribution in [0.3, 0.4) is 0 Å². The summed E-state index contributed by atoms with van der Waals surface area (Å²) in [4.78, 5) is 10.8. The van der Waals surface area contributed by atoms with Crippen LogP contribution in [-0.2, 0) is 6.54 Å². The van der Waals surface area contributed by atoms with Crippen molar-refractivity contribution in [3.05, 3.63) is 77.7 Å². The van der Waals surface area contributed by atoms with Crippen LogP contribution in [-0.4, -0.2) is 43.0 Å². The van der Waals surface area contributed by atoms with Crippen molar-refractivity contribution in [2.24, 2.45) is 4.99 Å². The molecule has 32 heavy (non-hydrogen) atoms. The molecule has 0 radical (unpaired) electrons. The third-order valence-corrected chi connectivity index (χ3v) is 4.74. The molecule has 0 saturated carbocycles. The van der Waals surface area contributed by atoms with Crippen LogP contribution in [0.2, 0.25) is 0 Å². The Kier molecular flexibility index (Phi) is 10.0. The van der Waals surface area contributed by atoms with Crippen LogP contribution in [0.15, 0.2) is 64.2 Å². The Morgan fingerprint density at radius 2 is 1.75 bits per heavy atom. The van der Waals surface area contributed by atoms with E-state index in [-0.39, 0.29) is 36.1 Å². The third kappa shape index (κ3) is 6.73. The van der Waals surface area contributed by atoms with Crippen LogP contribution in [0, 0.1) is 11.6 Å². The van der Waals surface area contributed by atoms with Crippen LogP contribution in [0.5, 0.6) is 0 Å². The molecule has 9 heteroatoms. The number of halogens is 3. The van der Waals surface area contributed by atoms with Crippen LogP contribution in [0.1, 0.15) is 24.2 Å². The maximum atomic E-state index is 14.3. The average Bonchev–Trinajstić information content (AvgIpc) is 3.23. The molecule has 1 aromatic heterocycles. The van der Waals surface area contributed by atoms with E-state index in [1.54, 1.807) is 25.3 Å². The standard InChI is InChI=1S/C23H27F2N5O.HI/c1-4-26-23(27-13-17-15-31-22(29-17)16-9-6-5-7-10-16)28-14-20(30(2)3)21-18(24)11-8-12-19(21)25;/h5-12,15,20H,4,13-14H2,1-3H3,(H2,26,27,28);1H. The molecule has 0 spiro atoms. The number of likely N-dealkylation sites (N-methyl/N-ethyl adjacent to an activating group) is 1. The lowest BCUT2D eigenvalue weighted by atomic mass is 10.0. The van der Waals surface area contributed by atoms with E-state index in [4.69, 9.17) is 4.42 Å². The summed E-state index contributed by atoms with van der Waals surface area (Å²) in [6.07, 6.45) is 1.58. The molecule has 0 aliphatic carbocycles. The zero-order valence-electron chi connectivity index (χ0n) is 18.3. The van der Waals surface area contributed by atoms with E-state index in [1.165, 1.54) is 18.2 Å². The number of guanidine groups is 1. The molecule has 0 amide bonds. The fourth-order valence-electron chi connectivity index (χ4n) is 3.16. The second kappa shape index (κ2) is 12.5. The normalized spacial score (nSPS) is 12.4. The summed E-state index contributed by atoms with van der Waals surface area (Å²) in [5.41, 5.74) is 1.60. The minimum atomic E-state index is -0.571. The Morgan fingerprint density at radius 3 is 2.38 bits per heavy atom. The summed E-state index contributed by atoms with van der Waals surface area (Å²) in [7, 11) is 3.56. The van der Waals surface area contributed by atoms with Gasteiger partial charge < -0.3 is 20.0 Å². The molecule has 0 aliphatic rings. The summed E-state index contributed by atoms with van der Waals surface area (Å²) in [6, 6.07) is 13.0. The second-order valence-electron chi connectivity index (χ2n) is 7.20. The predicted octanol–water partition coefficient (Wildman–Crippen LogP) is 4.60. The summed E-state index contributed by atoms with van der Waals surface area (Å²) < 4.78 is 34.1. The third-order valence-electron chi connectivity index (χ3n) is 4.74. The van der Waals surface area contributed by atoms with Gasteiger partial charge in [0.15, 0.2) is 5.96 Å².